The van der Waals surface area contributed by atoms with Gasteiger partial charge in [0, 0.05) is 18.2 Å². The lowest BCUT2D eigenvalue weighted by atomic mass is 9.76. The van der Waals surface area contributed by atoms with E-state index in [4.69, 9.17) is 0 Å². The molecule has 4 heteroatoms. The molecule has 0 radical (unpaired) electrons. The average Bonchev–Trinajstić information content (AvgIpc) is 2.49. The second-order valence-electron chi connectivity index (χ2n) is 6.34. The maximum Gasteiger partial charge on any atom is 0.320 e. The number of piperidine rings is 1. The lowest BCUT2D eigenvalue weighted by Crippen LogP contribution is -2.54. The van der Waals surface area contributed by atoms with Crippen molar-refractivity contribution in [1.29, 1.82) is 0 Å². The first-order chi connectivity index (χ1) is 10.2. The molecular weight excluding hydrogens is 266 g/mol. The summed E-state index contributed by atoms with van der Waals surface area (Å²) in [5, 5.41) is 19.5. The molecule has 1 saturated heterocycles. The van der Waals surface area contributed by atoms with Crippen molar-refractivity contribution in [2.45, 2.75) is 57.2 Å². The SMILES string of the molecule is O=C(O)C1CCC2CCCCC2N1Cc1ccccc1O. The molecule has 2 aliphatic rings. The monoisotopic (exact) mass is 289 g/mol. The van der Waals surface area contributed by atoms with Crippen LogP contribution < -0.4 is 0 Å². The molecular formula is C17H23NO3. The molecule has 0 spiro atoms. The highest BCUT2D eigenvalue weighted by Crippen LogP contribution is 2.39. The Morgan fingerprint density at radius 2 is 1.90 bits per heavy atom. The summed E-state index contributed by atoms with van der Waals surface area (Å²) in [6.45, 7) is 0.533. The van der Waals surface area contributed by atoms with Gasteiger partial charge in [-0.25, -0.2) is 0 Å². The Labute approximate surface area is 125 Å². The summed E-state index contributed by atoms with van der Waals surface area (Å²) in [7, 11) is 0. The number of phenols is 1. The zero-order valence-electron chi connectivity index (χ0n) is 12.2. The van der Waals surface area contributed by atoms with E-state index >= 15 is 0 Å². The first kappa shape index (κ1) is 14.4. The van der Waals surface area contributed by atoms with Crippen molar-refractivity contribution in [1.82, 2.24) is 4.90 Å². The summed E-state index contributed by atoms with van der Waals surface area (Å²) >= 11 is 0. The molecule has 2 N–H and O–H groups in total. The first-order valence-corrected chi connectivity index (χ1v) is 7.92. The van der Waals surface area contributed by atoms with Crippen molar-refractivity contribution >= 4 is 5.97 Å². The number of para-hydroxylation sites is 1. The predicted molar refractivity (Wildman–Crippen MR) is 80.1 cm³/mol. The zero-order chi connectivity index (χ0) is 14.8. The molecule has 3 rings (SSSR count). The van der Waals surface area contributed by atoms with Gasteiger partial charge in [-0.05, 0) is 37.7 Å². The number of aliphatic carboxylic acids is 1. The van der Waals surface area contributed by atoms with E-state index in [0.717, 1.165) is 24.8 Å². The third kappa shape index (κ3) is 2.91. The molecule has 114 valence electrons. The van der Waals surface area contributed by atoms with Crippen LogP contribution in [-0.4, -0.2) is 33.2 Å². The van der Waals surface area contributed by atoms with E-state index < -0.39 is 12.0 Å². The van der Waals surface area contributed by atoms with Gasteiger partial charge in [-0.3, -0.25) is 9.69 Å². The van der Waals surface area contributed by atoms with E-state index in [1.54, 1.807) is 12.1 Å². The van der Waals surface area contributed by atoms with Gasteiger partial charge in [-0.15, -0.1) is 0 Å². The Morgan fingerprint density at radius 1 is 1.14 bits per heavy atom. The van der Waals surface area contributed by atoms with Crippen LogP contribution in [0.1, 0.15) is 44.1 Å². The number of carboxylic acid groups (broad SMARTS) is 1. The fourth-order valence-corrected chi connectivity index (χ4v) is 4.06. The summed E-state index contributed by atoms with van der Waals surface area (Å²) in [4.78, 5) is 13.7. The Hall–Kier alpha value is -1.55. The lowest BCUT2D eigenvalue weighted by Gasteiger charge is -2.47. The average molecular weight is 289 g/mol. The highest BCUT2D eigenvalue weighted by molar-refractivity contribution is 5.73. The number of nitrogens with zero attached hydrogens (tertiary/aromatic N) is 1. The van der Waals surface area contributed by atoms with Crippen molar-refractivity contribution in [2.75, 3.05) is 0 Å². The van der Waals surface area contributed by atoms with Crippen LogP contribution in [0.2, 0.25) is 0 Å². The van der Waals surface area contributed by atoms with Gasteiger partial charge in [0.05, 0.1) is 0 Å². The minimum absolute atomic E-state index is 0.263. The summed E-state index contributed by atoms with van der Waals surface area (Å²) in [5.74, 6) is 0.161. The van der Waals surface area contributed by atoms with Crippen molar-refractivity contribution in [3.8, 4) is 5.75 Å². The molecule has 1 saturated carbocycles. The Morgan fingerprint density at radius 3 is 2.67 bits per heavy atom. The van der Waals surface area contributed by atoms with Gasteiger partial charge in [0.1, 0.15) is 11.8 Å². The van der Waals surface area contributed by atoms with Gasteiger partial charge in [0.25, 0.3) is 0 Å². The fraction of sp³-hybridized carbons (Fsp3) is 0.588. The van der Waals surface area contributed by atoms with Crippen LogP contribution in [0.5, 0.6) is 5.75 Å². The molecule has 3 unspecified atom stereocenters. The van der Waals surface area contributed by atoms with E-state index in [0.29, 0.717) is 18.5 Å². The number of carboxylic acids is 1. The predicted octanol–water partition coefficient (Wildman–Crippen LogP) is 3.00. The molecule has 3 atom stereocenters. The van der Waals surface area contributed by atoms with Gasteiger partial charge in [0.2, 0.25) is 0 Å². The number of benzene rings is 1. The van der Waals surface area contributed by atoms with Crippen molar-refractivity contribution in [3.05, 3.63) is 29.8 Å². The van der Waals surface area contributed by atoms with Crippen LogP contribution in [-0.2, 0) is 11.3 Å². The second-order valence-corrected chi connectivity index (χ2v) is 6.34. The van der Waals surface area contributed by atoms with E-state index in [9.17, 15) is 15.0 Å². The Bertz CT molecular complexity index is 517. The maximum absolute atomic E-state index is 11.6. The molecule has 0 aromatic heterocycles. The number of fused-ring (bicyclic) bond motifs is 1. The van der Waals surface area contributed by atoms with Crippen LogP contribution in [0.4, 0.5) is 0 Å². The molecule has 21 heavy (non-hydrogen) atoms. The molecule has 2 fully saturated rings. The topological polar surface area (TPSA) is 60.8 Å². The van der Waals surface area contributed by atoms with E-state index in [2.05, 4.69) is 4.90 Å². The largest absolute Gasteiger partial charge is 0.508 e. The van der Waals surface area contributed by atoms with Crippen molar-refractivity contribution in [3.63, 3.8) is 0 Å². The van der Waals surface area contributed by atoms with Crippen LogP contribution in [0.25, 0.3) is 0 Å². The molecule has 1 aliphatic carbocycles. The molecule has 1 aromatic carbocycles. The number of aromatic hydroxyl groups is 1. The highest BCUT2D eigenvalue weighted by Gasteiger charge is 2.41. The standard InChI is InChI=1S/C17H23NO3/c19-16-8-4-2-6-13(16)11-18-14-7-3-1-5-12(14)9-10-15(18)17(20)21/h2,4,6,8,12,14-15,19H,1,3,5,7,9-11H2,(H,20,21). The van der Waals surface area contributed by atoms with E-state index in [1.165, 1.54) is 19.3 Å². The summed E-state index contributed by atoms with van der Waals surface area (Å²) in [6, 6.07) is 7.20. The van der Waals surface area contributed by atoms with Crippen LogP contribution in [0.3, 0.4) is 0 Å². The smallest absolute Gasteiger partial charge is 0.320 e. The van der Waals surface area contributed by atoms with Crippen LogP contribution in [0.15, 0.2) is 24.3 Å². The van der Waals surface area contributed by atoms with E-state index in [-0.39, 0.29) is 5.75 Å². The number of hydrogen-bond acceptors (Lipinski definition) is 3. The molecule has 4 nitrogen and oxygen atoms in total. The van der Waals surface area contributed by atoms with Gasteiger partial charge < -0.3 is 10.2 Å². The van der Waals surface area contributed by atoms with Crippen molar-refractivity contribution in [2.24, 2.45) is 5.92 Å². The molecule has 1 aromatic rings. The zero-order valence-corrected chi connectivity index (χ0v) is 12.2. The summed E-state index contributed by atoms with van der Waals surface area (Å²) in [5.41, 5.74) is 0.829. The number of rotatable bonds is 3. The lowest BCUT2D eigenvalue weighted by molar-refractivity contribution is -0.148. The second kappa shape index (κ2) is 6.06. The van der Waals surface area contributed by atoms with Crippen LogP contribution in [0, 0.1) is 5.92 Å². The third-order valence-corrected chi connectivity index (χ3v) is 5.14. The number of likely N-dealkylation sites (tertiary alicyclic amines) is 1. The van der Waals surface area contributed by atoms with Gasteiger partial charge in [-0.1, -0.05) is 31.0 Å². The van der Waals surface area contributed by atoms with Gasteiger partial charge >= 0.3 is 5.97 Å². The number of hydrogen-bond donors (Lipinski definition) is 2. The summed E-state index contributed by atoms with van der Waals surface area (Å²) in [6.07, 6.45) is 6.51. The fourth-order valence-electron chi connectivity index (χ4n) is 4.06. The van der Waals surface area contributed by atoms with Crippen molar-refractivity contribution < 1.29 is 15.0 Å². The Balaban J connectivity index is 1.85. The number of carbonyl (C=O) groups is 1. The third-order valence-electron chi connectivity index (χ3n) is 5.14. The normalized spacial score (nSPS) is 29.8. The Kier molecular flexibility index (Phi) is 4.15. The molecule has 1 heterocycles. The van der Waals surface area contributed by atoms with Crippen LogP contribution >= 0.6 is 0 Å². The van der Waals surface area contributed by atoms with E-state index in [1.807, 2.05) is 12.1 Å². The highest BCUT2D eigenvalue weighted by atomic mass is 16.4. The van der Waals surface area contributed by atoms with Gasteiger partial charge in [-0.2, -0.15) is 0 Å². The minimum Gasteiger partial charge on any atom is -0.508 e. The minimum atomic E-state index is -0.727. The molecule has 1 aliphatic heterocycles. The quantitative estimate of drug-likeness (QED) is 0.898. The molecule has 0 bridgehead atoms. The first-order valence-electron chi connectivity index (χ1n) is 7.92. The van der Waals surface area contributed by atoms with Gasteiger partial charge in [0.15, 0.2) is 0 Å². The summed E-state index contributed by atoms with van der Waals surface area (Å²) < 4.78 is 0. The molecule has 0 amide bonds. The maximum atomic E-state index is 11.6. The number of phenolic OH excluding ortho intramolecular Hbond substituents is 1.